The van der Waals surface area contributed by atoms with Gasteiger partial charge in [0.05, 0.1) is 24.2 Å². The molecular formula is C25H32N6O4. The summed E-state index contributed by atoms with van der Waals surface area (Å²) in [7, 11) is 0. The molecule has 2 aliphatic heterocycles. The molecule has 35 heavy (non-hydrogen) atoms. The Morgan fingerprint density at radius 1 is 0.971 bits per heavy atom. The fourth-order valence-corrected chi connectivity index (χ4v) is 5.53. The molecule has 1 atom stereocenters. The molecular weight excluding hydrogens is 448 g/mol. The van der Waals surface area contributed by atoms with Crippen molar-refractivity contribution in [3.63, 3.8) is 0 Å². The molecule has 0 unspecified atom stereocenters. The first-order valence-electron chi connectivity index (χ1n) is 12.8. The molecule has 3 aromatic rings. The number of ether oxygens (including phenoxy) is 3. The number of tetrazole rings is 1. The van der Waals surface area contributed by atoms with Crippen LogP contribution in [0.25, 0.3) is 10.9 Å². The van der Waals surface area contributed by atoms with Gasteiger partial charge in [-0.15, -0.1) is 5.10 Å². The van der Waals surface area contributed by atoms with E-state index in [2.05, 4.69) is 25.4 Å². The Labute approximate surface area is 203 Å². The second-order valence-electron chi connectivity index (χ2n) is 9.84. The molecule has 0 spiro atoms. The molecule has 3 aliphatic rings. The van der Waals surface area contributed by atoms with Gasteiger partial charge in [0.2, 0.25) is 0 Å². The van der Waals surface area contributed by atoms with E-state index in [0.29, 0.717) is 49.4 Å². The van der Waals surface area contributed by atoms with Crippen molar-refractivity contribution in [1.29, 1.82) is 0 Å². The maximum atomic E-state index is 13.1. The van der Waals surface area contributed by atoms with Crippen molar-refractivity contribution < 1.29 is 14.2 Å². The molecule has 10 heteroatoms. The fraction of sp³-hybridized carbons (Fsp3) is 0.600. The topological polar surface area (TPSA) is 107 Å². The summed E-state index contributed by atoms with van der Waals surface area (Å²) in [6, 6.07) is 6.10. The summed E-state index contributed by atoms with van der Waals surface area (Å²) in [5, 5.41) is 13.6. The predicted octanol–water partition coefficient (Wildman–Crippen LogP) is 2.97. The summed E-state index contributed by atoms with van der Waals surface area (Å²) in [6.07, 6.45) is 8.21. The minimum absolute atomic E-state index is 0.0987. The Bertz CT molecular complexity index is 1230. The third-order valence-electron chi connectivity index (χ3n) is 7.31. The van der Waals surface area contributed by atoms with E-state index in [9.17, 15) is 4.79 Å². The lowest BCUT2D eigenvalue weighted by Crippen LogP contribution is -2.34. The average molecular weight is 481 g/mol. The van der Waals surface area contributed by atoms with Gasteiger partial charge in [0, 0.05) is 36.7 Å². The minimum atomic E-state index is -0.0987. The number of benzene rings is 1. The van der Waals surface area contributed by atoms with Crippen LogP contribution >= 0.6 is 0 Å². The van der Waals surface area contributed by atoms with Crippen molar-refractivity contribution in [3.8, 4) is 11.5 Å². The van der Waals surface area contributed by atoms with Crippen molar-refractivity contribution in [2.24, 2.45) is 0 Å². The van der Waals surface area contributed by atoms with E-state index in [1.54, 1.807) is 0 Å². The van der Waals surface area contributed by atoms with Crippen LogP contribution < -0.4 is 15.0 Å². The normalized spacial score (nSPS) is 20.7. The van der Waals surface area contributed by atoms with Crippen LogP contribution in [0.1, 0.15) is 62.4 Å². The standard InChI is InChI=1S/C25H32N6O4/c32-25-18(11-17-12-22-23(13-21(17)26-25)35-10-9-34-22)14-30(15-20-7-4-8-33-20)16-24-27-28-29-31(24)19-5-2-1-3-6-19/h11-13,19-20H,1-10,14-16H2,(H,26,32)/t20-/m1/s1. The first-order valence-corrected chi connectivity index (χ1v) is 12.8. The van der Waals surface area contributed by atoms with E-state index in [0.717, 1.165) is 55.6 Å². The van der Waals surface area contributed by atoms with Gasteiger partial charge in [-0.05, 0) is 48.2 Å². The van der Waals surface area contributed by atoms with E-state index >= 15 is 0 Å². The largest absolute Gasteiger partial charge is 0.486 e. The summed E-state index contributed by atoms with van der Waals surface area (Å²) in [4.78, 5) is 18.3. The molecule has 4 heterocycles. The number of rotatable bonds is 7. The van der Waals surface area contributed by atoms with Gasteiger partial charge >= 0.3 is 0 Å². The maximum absolute atomic E-state index is 13.1. The monoisotopic (exact) mass is 480 g/mol. The lowest BCUT2D eigenvalue weighted by Gasteiger charge is -2.27. The lowest BCUT2D eigenvalue weighted by molar-refractivity contribution is 0.0659. The molecule has 1 saturated carbocycles. The van der Waals surface area contributed by atoms with Crippen LogP contribution in [0.2, 0.25) is 0 Å². The summed E-state index contributed by atoms with van der Waals surface area (Å²) in [5.41, 5.74) is 1.34. The number of fused-ring (bicyclic) bond motifs is 2. The van der Waals surface area contributed by atoms with Crippen molar-refractivity contribution >= 4 is 10.9 Å². The second-order valence-corrected chi connectivity index (χ2v) is 9.84. The van der Waals surface area contributed by atoms with Gasteiger partial charge in [0.25, 0.3) is 5.56 Å². The number of hydrogen-bond donors (Lipinski definition) is 1. The zero-order valence-corrected chi connectivity index (χ0v) is 19.9. The zero-order chi connectivity index (χ0) is 23.6. The van der Waals surface area contributed by atoms with E-state index in [1.165, 1.54) is 19.3 Å². The van der Waals surface area contributed by atoms with Crippen molar-refractivity contribution in [1.82, 2.24) is 30.1 Å². The van der Waals surface area contributed by atoms with E-state index in [1.807, 2.05) is 22.9 Å². The summed E-state index contributed by atoms with van der Waals surface area (Å²) >= 11 is 0. The molecule has 6 rings (SSSR count). The van der Waals surface area contributed by atoms with E-state index < -0.39 is 0 Å². The predicted molar refractivity (Wildman–Crippen MR) is 129 cm³/mol. The molecule has 186 valence electrons. The van der Waals surface area contributed by atoms with Crippen LogP contribution in [0.5, 0.6) is 11.5 Å². The number of nitrogens with one attached hydrogen (secondary N) is 1. The average Bonchev–Trinajstić information content (AvgIpc) is 3.56. The summed E-state index contributed by atoms with van der Waals surface area (Å²) in [5.74, 6) is 2.23. The van der Waals surface area contributed by atoms with Crippen LogP contribution in [0.15, 0.2) is 23.0 Å². The van der Waals surface area contributed by atoms with Crippen LogP contribution in [-0.4, -0.2) is 62.6 Å². The summed E-state index contributed by atoms with van der Waals surface area (Å²) in [6.45, 7) is 3.62. The summed E-state index contributed by atoms with van der Waals surface area (Å²) < 4.78 is 19.4. The van der Waals surface area contributed by atoms with Gasteiger partial charge in [-0.2, -0.15) is 0 Å². The third-order valence-corrected chi connectivity index (χ3v) is 7.31. The molecule has 1 N–H and O–H groups in total. The third kappa shape index (κ3) is 4.90. The van der Waals surface area contributed by atoms with E-state index in [4.69, 9.17) is 14.2 Å². The molecule has 0 radical (unpaired) electrons. The number of pyridine rings is 1. The Morgan fingerprint density at radius 2 is 1.80 bits per heavy atom. The number of hydrogen-bond acceptors (Lipinski definition) is 8. The highest BCUT2D eigenvalue weighted by Crippen LogP contribution is 2.34. The lowest BCUT2D eigenvalue weighted by atomic mass is 9.95. The number of nitrogens with zero attached hydrogens (tertiary/aromatic N) is 5. The van der Waals surface area contributed by atoms with Crippen LogP contribution in [0.3, 0.4) is 0 Å². The Kier molecular flexibility index (Phi) is 6.39. The maximum Gasteiger partial charge on any atom is 0.252 e. The second kappa shape index (κ2) is 9.94. The number of aromatic amines is 1. The molecule has 1 aromatic carbocycles. The molecule has 1 aliphatic carbocycles. The van der Waals surface area contributed by atoms with Gasteiger partial charge in [-0.1, -0.05) is 19.3 Å². The molecule has 1 saturated heterocycles. The number of H-pyrrole nitrogens is 1. The molecule has 10 nitrogen and oxygen atoms in total. The van der Waals surface area contributed by atoms with Crippen molar-refractivity contribution in [3.05, 3.63) is 39.9 Å². The van der Waals surface area contributed by atoms with Crippen LogP contribution in [0.4, 0.5) is 0 Å². The van der Waals surface area contributed by atoms with E-state index in [-0.39, 0.29) is 11.7 Å². The van der Waals surface area contributed by atoms with Crippen LogP contribution in [-0.2, 0) is 17.8 Å². The minimum Gasteiger partial charge on any atom is -0.486 e. The van der Waals surface area contributed by atoms with Gasteiger partial charge in [0.1, 0.15) is 13.2 Å². The van der Waals surface area contributed by atoms with Gasteiger partial charge in [0.15, 0.2) is 17.3 Å². The van der Waals surface area contributed by atoms with Gasteiger partial charge in [-0.25, -0.2) is 4.68 Å². The smallest absolute Gasteiger partial charge is 0.252 e. The molecule has 0 bridgehead atoms. The zero-order valence-electron chi connectivity index (χ0n) is 19.9. The first-order chi connectivity index (χ1) is 17.2. The van der Waals surface area contributed by atoms with Crippen molar-refractivity contribution in [2.75, 3.05) is 26.4 Å². The first kappa shape index (κ1) is 22.5. The molecule has 2 fully saturated rings. The quantitative estimate of drug-likeness (QED) is 0.550. The SMILES string of the molecule is O=c1[nH]c2cc3c(cc2cc1CN(Cc1nnnn1C1CCCCC1)C[C@H]1CCCO1)OCCO3. The highest BCUT2D eigenvalue weighted by atomic mass is 16.6. The highest BCUT2D eigenvalue weighted by Gasteiger charge is 2.25. The van der Waals surface area contributed by atoms with Gasteiger partial charge in [-0.3, -0.25) is 9.69 Å². The van der Waals surface area contributed by atoms with Crippen molar-refractivity contribution in [2.45, 2.75) is 70.2 Å². The Morgan fingerprint density at radius 3 is 2.60 bits per heavy atom. The molecule has 2 aromatic heterocycles. The van der Waals surface area contributed by atoms with Crippen LogP contribution in [0, 0.1) is 0 Å². The highest BCUT2D eigenvalue weighted by molar-refractivity contribution is 5.83. The Balaban J connectivity index is 1.27. The van der Waals surface area contributed by atoms with Gasteiger partial charge < -0.3 is 19.2 Å². The Hall–Kier alpha value is -2.98. The molecule has 0 amide bonds. The fourth-order valence-electron chi connectivity index (χ4n) is 5.53. The number of aromatic nitrogens is 5.